The second-order valence-electron chi connectivity index (χ2n) is 3.60. The molecule has 1 rings (SSSR count). The van der Waals surface area contributed by atoms with Gasteiger partial charge in [-0.05, 0) is 6.92 Å². The van der Waals surface area contributed by atoms with Crippen molar-refractivity contribution in [1.29, 1.82) is 5.26 Å². The normalized spacial score (nSPS) is 24.8. The minimum Gasteiger partial charge on any atom is -0.480 e. The zero-order chi connectivity index (χ0) is 9.41. The van der Waals surface area contributed by atoms with Crippen molar-refractivity contribution in [2.75, 3.05) is 13.2 Å². The van der Waals surface area contributed by atoms with Gasteiger partial charge >= 0.3 is 5.97 Å². The summed E-state index contributed by atoms with van der Waals surface area (Å²) in [5.74, 6) is -1.07. The van der Waals surface area contributed by atoms with Crippen LogP contribution >= 0.6 is 0 Å². The van der Waals surface area contributed by atoms with Crippen LogP contribution in [0.15, 0.2) is 0 Å². The van der Waals surface area contributed by atoms with E-state index in [1.165, 1.54) is 6.92 Å². The Morgan fingerprint density at radius 2 is 2.25 bits per heavy atom. The van der Waals surface area contributed by atoms with Gasteiger partial charge in [0.25, 0.3) is 0 Å². The maximum atomic E-state index is 10.8. The van der Waals surface area contributed by atoms with Crippen molar-refractivity contribution in [1.82, 2.24) is 0 Å². The molecule has 12 heavy (non-hydrogen) atoms. The fraction of sp³-hybridized carbons (Fsp3) is 0.750. The van der Waals surface area contributed by atoms with E-state index in [1.54, 1.807) is 6.92 Å². The van der Waals surface area contributed by atoms with Crippen molar-refractivity contribution in [3.8, 4) is 6.07 Å². The third kappa shape index (κ3) is 0.901. The molecule has 1 aliphatic rings. The Balaban J connectivity index is 2.96. The third-order valence-electron chi connectivity index (χ3n) is 2.70. The molecule has 66 valence electrons. The van der Waals surface area contributed by atoms with Crippen LogP contribution in [0.3, 0.4) is 0 Å². The molecule has 1 aliphatic heterocycles. The lowest BCUT2D eigenvalue weighted by molar-refractivity contribution is -0.182. The number of carboxylic acid groups (broad SMARTS) is 1. The maximum absolute atomic E-state index is 10.8. The van der Waals surface area contributed by atoms with Crippen LogP contribution < -0.4 is 0 Å². The first-order valence-electron chi connectivity index (χ1n) is 3.69. The van der Waals surface area contributed by atoms with Gasteiger partial charge < -0.3 is 9.84 Å². The van der Waals surface area contributed by atoms with E-state index in [0.717, 1.165) is 0 Å². The molecule has 1 saturated heterocycles. The van der Waals surface area contributed by atoms with Gasteiger partial charge in [0.1, 0.15) is 0 Å². The highest BCUT2D eigenvalue weighted by atomic mass is 16.5. The van der Waals surface area contributed by atoms with E-state index >= 15 is 0 Å². The van der Waals surface area contributed by atoms with Gasteiger partial charge in [-0.3, -0.25) is 4.79 Å². The fourth-order valence-corrected chi connectivity index (χ4v) is 1.14. The molecule has 1 atom stereocenters. The molecule has 1 fully saturated rings. The van der Waals surface area contributed by atoms with Crippen molar-refractivity contribution in [2.45, 2.75) is 13.8 Å². The molecule has 0 bridgehead atoms. The molecule has 4 heteroatoms. The molecular formula is C8H11NO3. The molecule has 4 nitrogen and oxygen atoms in total. The molecule has 0 saturated carbocycles. The number of carboxylic acids is 1. The van der Waals surface area contributed by atoms with E-state index < -0.39 is 16.8 Å². The second kappa shape index (κ2) is 2.46. The molecule has 1 heterocycles. The van der Waals surface area contributed by atoms with Crippen LogP contribution in [0, 0.1) is 22.2 Å². The van der Waals surface area contributed by atoms with Gasteiger partial charge in [0.15, 0.2) is 5.41 Å². The third-order valence-corrected chi connectivity index (χ3v) is 2.70. The Bertz CT molecular complexity index is 252. The first kappa shape index (κ1) is 9.01. The first-order valence-corrected chi connectivity index (χ1v) is 3.69. The van der Waals surface area contributed by atoms with Crippen molar-refractivity contribution in [3.05, 3.63) is 0 Å². The van der Waals surface area contributed by atoms with Gasteiger partial charge in [-0.1, -0.05) is 6.92 Å². The van der Waals surface area contributed by atoms with E-state index in [4.69, 9.17) is 15.1 Å². The summed E-state index contributed by atoms with van der Waals surface area (Å²) in [6, 6.07) is 1.84. The highest BCUT2D eigenvalue weighted by Gasteiger charge is 2.55. The predicted molar refractivity (Wildman–Crippen MR) is 40.3 cm³/mol. The monoisotopic (exact) mass is 169 g/mol. The lowest BCUT2D eigenvalue weighted by Crippen LogP contribution is -2.55. The van der Waals surface area contributed by atoms with Crippen LogP contribution in [0.5, 0.6) is 0 Å². The van der Waals surface area contributed by atoms with Gasteiger partial charge in [0.2, 0.25) is 0 Å². The van der Waals surface area contributed by atoms with Crippen LogP contribution in [0.1, 0.15) is 13.8 Å². The van der Waals surface area contributed by atoms with E-state index in [-0.39, 0.29) is 0 Å². The summed E-state index contributed by atoms with van der Waals surface area (Å²) >= 11 is 0. The highest BCUT2D eigenvalue weighted by molar-refractivity contribution is 5.78. The average molecular weight is 169 g/mol. The summed E-state index contributed by atoms with van der Waals surface area (Å²) in [5, 5.41) is 17.6. The Labute approximate surface area is 70.7 Å². The number of ether oxygens (including phenoxy) is 1. The SMILES string of the molecule is CC1(C(C)(C#N)C(=O)O)COC1. The number of nitriles is 1. The minimum atomic E-state index is -1.33. The lowest BCUT2D eigenvalue weighted by Gasteiger charge is -2.45. The molecule has 0 aliphatic carbocycles. The van der Waals surface area contributed by atoms with Crippen molar-refractivity contribution in [3.63, 3.8) is 0 Å². The van der Waals surface area contributed by atoms with E-state index in [9.17, 15) is 4.79 Å². The van der Waals surface area contributed by atoms with E-state index in [1.807, 2.05) is 6.07 Å². The van der Waals surface area contributed by atoms with Crippen molar-refractivity contribution in [2.24, 2.45) is 10.8 Å². The molecule has 0 aromatic rings. The number of nitrogens with zero attached hydrogens (tertiary/aromatic N) is 1. The molecular weight excluding hydrogens is 158 g/mol. The first-order chi connectivity index (χ1) is 5.46. The summed E-state index contributed by atoms with van der Waals surface area (Å²) in [4.78, 5) is 10.8. The Morgan fingerprint density at radius 3 is 2.33 bits per heavy atom. The number of hydrogen-bond donors (Lipinski definition) is 1. The number of carbonyl (C=O) groups is 1. The van der Waals surface area contributed by atoms with Gasteiger partial charge in [-0.2, -0.15) is 5.26 Å². The molecule has 0 aromatic carbocycles. The van der Waals surface area contributed by atoms with E-state index in [2.05, 4.69) is 0 Å². The highest BCUT2D eigenvalue weighted by Crippen LogP contribution is 2.44. The number of hydrogen-bond acceptors (Lipinski definition) is 3. The van der Waals surface area contributed by atoms with Gasteiger partial charge in [0.05, 0.1) is 19.3 Å². The maximum Gasteiger partial charge on any atom is 0.324 e. The van der Waals surface area contributed by atoms with Crippen molar-refractivity contribution >= 4 is 5.97 Å². The molecule has 1 unspecified atom stereocenters. The smallest absolute Gasteiger partial charge is 0.324 e. The quantitative estimate of drug-likeness (QED) is 0.658. The van der Waals surface area contributed by atoms with Crippen LogP contribution in [-0.4, -0.2) is 24.3 Å². The second-order valence-corrected chi connectivity index (χ2v) is 3.60. The summed E-state index contributed by atoms with van der Waals surface area (Å²) in [5.41, 5.74) is -1.86. The predicted octanol–water partition coefficient (Wildman–Crippen LogP) is 0.637. The minimum absolute atomic E-state index is 0.351. The van der Waals surface area contributed by atoms with E-state index in [0.29, 0.717) is 13.2 Å². The standard InChI is InChI=1S/C8H11NO3/c1-7(4-12-5-7)8(2,3-9)6(10)11/h4-5H2,1-2H3,(H,10,11). The average Bonchev–Trinajstić information content (AvgIpc) is 1.98. The Kier molecular flexibility index (Phi) is 1.85. The fourth-order valence-electron chi connectivity index (χ4n) is 1.14. The van der Waals surface area contributed by atoms with Gasteiger partial charge in [-0.25, -0.2) is 0 Å². The van der Waals surface area contributed by atoms with Crippen LogP contribution in [0.25, 0.3) is 0 Å². The number of aliphatic carboxylic acids is 1. The largest absolute Gasteiger partial charge is 0.480 e. The molecule has 0 spiro atoms. The zero-order valence-corrected chi connectivity index (χ0v) is 7.13. The molecule has 1 N–H and O–H groups in total. The zero-order valence-electron chi connectivity index (χ0n) is 7.13. The van der Waals surface area contributed by atoms with Crippen molar-refractivity contribution < 1.29 is 14.6 Å². The van der Waals surface area contributed by atoms with Crippen LogP contribution in [0.2, 0.25) is 0 Å². The van der Waals surface area contributed by atoms with Gasteiger partial charge in [0, 0.05) is 5.41 Å². The summed E-state index contributed by atoms with van der Waals surface area (Å²) in [6.45, 7) is 3.90. The van der Waals surface area contributed by atoms with Gasteiger partial charge in [-0.15, -0.1) is 0 Å². The molecule has 0 aromatic heterocycles. The van der Waals surface area contributed by atoms with Crippen LogP contribution in [0.4, 0.5) is 0 Å². The number of rotatable bonds is 2. The molecule has 0 amide bonds. The lowest BCUT2D eigenvalue weighted by atomic mass is 9.65. The summed E-state index contributed by atoms with van der Waals surface area (Å²) in [6.07, 6.45) is 0. The topological polar surface area (TPSA) is 70.3 Å². The Hall–Kier alpha value is -1.08. The summed E-state index contributed by atoms with van der Waals surface area (Å²) in [7, 11) is 0. The Morgan fingerprint density at radius 1 is 1.75 bits per heavy atom. The molecule has 0 radical (unpaired) electrons. The summed E-state index contributed by atoms with van der Waals surface area (Å²) < 4.78 is 4.92. The van der Waals surface area contributed by atoms with Crippen LogP contribution in [-0.2, 0) is 9.53 Å².